The minimum atomic E-state index is 0.408. The maximum absolute atomic E-state index is 4.89. The third kappa shape index (κ3) is 10.6. The Morgan fingerprint density at radius 2 is 1.79 bits per heavy atom. The second kappa shape index (κ2) is 11.9. The van der Waals surface area contributed by atoms with Crippen molar-refractivity contribution in [1.29, 1.82) is 0 Å². The van der Waals surface area contributed by atoms with Crippen molar-refractivity contribution >= 4 is 28.3 Å². The number of halogens is 1. The van der Waals surface area contributed by atoms with Crippen molar-refractivity contribution in [3.05, 3.63) is 12.2 Å². The van der Waals surface area contributed by atoms with Gasteiger partial charge in [-0.3, -0.25) is 4.99 Å². The lowest BCUT2D eigenvalue weighted by Gasteiger charge is -2.17. The van der Waals surface area contributed by atoms with Gasteiger partial charge in [0.05, 0.1) is 0 Å². The van der Waals surface area contributed by atoms with Crippen molar-refractivity contribution in [3.63, 3.8) is 0 Å². The van der Waals surface area contributed by atoms with Gasteiger partial charge in [0.2, 0.25) is 0 Å². The fraction of sp³-hybridized carbons (Fsp3) is 0.824. The molecule has 0 aromatic rings. The molecule has 0 aliphatic carbocycles. The summed E-state index contributed by atoms with van der Waals surface area (Å²) >= 11 is 2.46. The molecule has 2 heteroatoms. The molecule has 0 bridgehead atoms. The van der Waals surface area contributed by atoms with Crippen molar-refractivity contribution in [2.24, 2.45) is 16.8 Å². The molecule has 112 valence electrons. The van der Waals surface area contributed by atoms with E-state index in [-0.39, 0.29) is 0 Å². The highest BCUT2D eigenvalue weighted by atomic mass is 127. The SMILES string of the molecule is CC/C=C\CC(I)/N=C(/CC)CC(C)C[C@H](C)CC. The maximum Gasteiger partial charge on any atom is 0.104 e. The Morgan fingerprint density at radius 3 is 2.32 bits per heavy atom. The summed E-state index contributed by atoms with van der Waals surface area (Å²) in [6, 6.07) is 0. The van der Waals surface area contributed by atoms with E-state index in [1.165, 1.54) is 25.0 Å². The zero-order chi connectivity index (χ0) is 14.7. The highest BCUT2D eigenvalue weighted by Gasteiger charge is 2.11. The van der Waals surface area contributed by atoms with Crippen LogP contribution in [-0.2, 0) is 0 Å². The third-order valence-electron chi connectivity index (χ3n) is 3.55. The predicted molar refractivity (Wildman–Crippen MR) is 97.4 cm³/mol. The molecule has 0 aromatic heterocycles. The standard InChI is InChI=1S/C17H32IN/c1-6-9-10-11-17(18)19-16(8-3)13-15(5)12-14(4)7-2/h9-10,14-15,17H,6-8,11-13H2,1-5H3/b10-9-,19-16-/t14-,15?,17?/m1/s1. The van der Waals surface area contributed by atoms with Crippen molar-refractivity contribution < 1.29 is 0 Å². The van der Waals surface area contributed by atoms with Crippen molar-refractivity contribution in [1.82, 2.24) is 0 Å². The van der Waals surface area contributed by atoms with Crippen LogP contribution in [0.25, 0.3) is 0 Å². The first-order chi connectivity index (χ1) is 9.03. The van der Waals surface area contributed by atoms with Crippen LogP contribution in [0.2, 0.25) is 0 Å². The molecule has 1 nitrogen and oxygen atoms in total. The lowest BCUT2D eigenvalue weighted by Crippen LogP contribution is -2.10. The average molecular weight is 377 g/mol. The van der Waals surface area contributed by atoms with Gasteiger partial charge in [-0.1, -0.05) is 75.8 Å². The first kappa shape index (κ1) is 19.1. The molecular weight excluding hydrogens is 345 g/mol. The molecular formula is C17H32IN. The normalized spacial score (nSPS) is 17.7. The van der Waals surface area contributed by atoms with Crippen LogP contribution in [0.15, 0.2) is 17.1 Å². The Bertz CT molecular complexity index is 270. The summed E-state index contributed by atoms with van der Waals surface area (Å²) in [4.78, 5) is 4.89. The van der Waals surface area contributed by atoms with E-state index in [4.69, 9.17) is 4.99 Å². The summed E-state index contributed by atoms with van der Waals surface area (Å²) < 4.78 is 0.408. The van der Waals surface area contributed by atoms with E-state index in [1.807, 2.05) is 0 Å². The van der Waals surface area contributed by atoms with Crippen molar-refractivity contribution in [2.75, 3.05) is 0 Å². The van der Waals surface area contributed by atoms with Crippen LogP contribution in [0, 0.1) is 11.8 Å². The second-order valence-electron chi connectivity index (χ2n) is 5.66. The highest BCUT2D eigenvalue weighted by Crippen LogP contribution is 2.20. The molecule has 0 amide bonds. The van der Waals surface area contributed by atoms with E-state index in [9.17, 15) is 0 Å². The van der Waals surface area contributed by atoms with Gasteiger partial charge in [-0.15, -0.1) is 0 Å². The molecule has 0 saturated heterocycles. The molecule has 19 heavy (non-hydrogen) atoms. The van der Waals surface area contributed by atoms with Crippen molar-refractivity contribution in [2.45, 2.75) is 77.2 Å². The fourth-order valence-corrected chi connectivity index (χ4v) is 2.94. The molecule has 0 rings (SSSR count). The predicted octanol–water partition coefficient (Wildman–Crippen LogP) is 6.42. The first-order valence-corrected chi connectivity index (χ1v) is 9.12. The van der Waals surface area contributed by atoms with Crippen LogP contribution in [-0.4, -0.2) is 9.76 Å². The van der Waals surface area contributed by atoms with Gasteiger partial charge < -0.3 is 0 Å². The molecule has 0 aliphatic heterocycles. The van der Waals surface area contributed by atoms with Crippen molar-refractivity contribution in [3.8, 4) is 0 Å². The molecule has 0 aromatic carbocycles. The average Bonchev–Trinajstić information content (AvgIpc) is 2.37. The van der Waals surface area contributed by atoms with Crippen LogP contribution in [0.3, 0.4) is 0 Å². The Balaban J connectivity index is 4.27. The summed E-state index contributed by atoms with van der Waals surface area (Å²) in [6.07, 6.45) is 11.6. The molecule has 0 spiro atoms. The molecule has 0 heterocycles. The first-order valence-electron chi connectivity index (χ1n) is 7.87. The van der Waals surface area contributed by atoms with Gasteiger partial charge in [-0.05, 0) is 43.9 Å². The number of allylic oxidation sites excluding steroid dienone is 1. The molecule has 3 atom stereocenters. The van der Waals surface area contributed by atoms with Gasteiger partial charge in [0.15, 0.2) is 0 Å². The van der Waals surface area contributed by atoms with Gasteiger partial charge in [0.25, 0.3) is 0 Å². The lowest BCUT2D eigenvalue weighted by molar-refractivity contribution is 0.413. The Labute approximate surface area is 134 Å². The maximum atomic E-state index is 4.89. The third-order valence-corrected chi connectivity index (χ3v) is 4.34. The van der Waals surface area contributed by atoms with E-state index in [1.54, 1.807) is 0 Å². The number of hydrogen-bond donors (Lipinski definition) is 0. The van der Waals surface area contributed by atoms with E-state index >= 15 is 0 Å². The Hall–Kier alpha value is 0.140. The summed E-state index contributed by atoms with van der Waals surface area (Å²) in [5, 5.41) is 0. The van der Waals surface area contributed by atoms with Crippen LogP contribution < -0.4 is 0 Å². The molecule has 2 unspecified atom stereocenters. The minimum absolute atomic E-state index is 0.408. The van der Waals surface area contributed by atoms with Crippen LogP contribution in [0.5, 0.6) is 0 Å². The molecule has 0 N–H and O–H groups in total. The quantitative estimate of drug-likeness (QED) is 0.137. The number of nitrogens with zero attached hydrogens (tertiary/aromatic N) is 1. The van der Waals surface area contributed by atoms with E-state index < -0.39 is 0 Å². The van der Waals surface area contributed by atoms with E-state index in [0.717, 1.165) is 31.1 Å². The summed E-state index contributed by atoms with van der Waals surface area (Å²) in [7, 11) is 0. The van der Waals surface area contributed by atoms with Gasteiger partial charge in [-0.25, -0.2) is 0 Å². The van der Waals surface area contributed by atoms with Crippen LogP contribution >= 0.6 is 22.6 Å². The van der Waals surface area contributed by atoms with Gasteiger partial charge >= 0.3 is 0 Å². The topological polar surface area (TPSA) is 12.4 Å². The zero-order valence-electron chi connectivity index (χ0n) is 13.5. The molecule has 0 radical (unpaired) electrons. The molecule has 0 saturated carbocycles. The minimum Gasteiger partial charge on any atom is -0.280 e. The summed E-state index contributed by atoms with van der Waals surface area (Å²) in [5.41, 5.74) is 1.40. The lowest BCUT2D eigenvalue weighted by atomic mass is 9.91. The number of aliphatic imine (C=N–C) groups is 1. The van der Waals surface area contributed by atoms with Gasteiger partial charge in [0.1, 0.15) is 4.05 Å². The van der Waals surface area contributed by atoms with Gasteiger partial charge in [-0.2, -0.15) is 0 Å². The zero-order valence-corrected chi connectivity index (χ0v) is 15.6. The monoisotopic (exact) mass is 377 g/mol. The van der Waals surface area contributed by atoms with Crippen LogP contribution in [0.1, 0.15) is 73.1 Å². The smallest absolute Gasteiger partial charge is 0.104 e. The Kier molecular flexibility index (Phi) is 12.0. The largest absolute Gasteiger partial charge is 0.280 e. The Morgan fingerprint density at radius 1 is 1.11 bits per heavy atom. The fourth-order valence-electron chi connectivity index (χ4n) is 2.25. The molecule has 0 fully saturated rings. The molecule has 0 aliphatic rings. The second-order valence-corrected chi connectivity index (χ2v) is 7.09. The van der Waals surface area contributed by atoms with Gasteiger partial charge in [0, 0.05) is 5.71 Å². The number of hydrogen-bond acceptors (Lipinski definition) is 1. The highest BCUT2D eigenvalue weighted by molar-refractivity contribution is 14.1. The number of rotatable bonds is 10. The van der Waals surface area contributed by atoms with E-state index in [2.05, 4.69) is 69.4 Å². The summed E-state index contributed by atoms with van der Waals surface area (Å²) in [5.74, 6) is 1.61. The number of alkyl halides is 1. The summed E-state index contributed by atoms with van der Waals surface area (Å²) in [6.45, 7) is 11.4. The van der Waals surface area contributed by atoms with Crippen LogP contribution in [0.4, 0.5) is 0 Å². The van der Waals surface area contributed by atoms with E-state index in [0.29, 0.717) is 4.05 Å².